The van der Waals surface area contributed by atoms with E-state index >= 15 is 0 Å². The van der Waals surface area contributed by atoms with Gasteiger partial charge in [0, 0.05) is 34.9 Å². The number of halogens is 1. The summed E-state index contributed by atoms with van der Waals surface area (Å²) in [5, 5.41) is 18.8. The fourth-order valence-corrected chi connectivity index (χ4v) is 4.40. The Morgan fingerprint density at radius 3 is 2.57 bits per heavy atom. The van der Waals surface area contributed by atoms with Crippen LogP contribution in [0.15, 0.2) is 48.5 Å². The molecule has 1 aliphatic rings. The van der Waals surface area contributed by atoms with Crippen molar-refractivity contribution in [3.05, 3.63) is 76.3 Å². The second-order valence-corrected chi connectivity index (χ2v) is 8.52. The molecule has 0 fully saturated rings. The van der Waals surface area contributed by atoms with Crippen LogP contribution in [-0.4, -0.2) is 46.8 Å². The number of phenols is 1. The molecule has 5 rings (SSSR count). The number of phenolic OH excluding ortho intramolecular Hbond substituents is 1. The lowest BCUT2D eigenvalue weighted by molar-refractivity contribution is 0.0877. The molecule has 0 saturated carbocycles. The predicted octanol–water partition coefficient (Wildman–Crippen LogP) is 2.34. The first kappa shape index (κ1) is 25.7. The number of H-pyrrole nitrogens is 1. The highest BCUT2D eigenvalue weighted by Gasteiger charge is 2.33. The number of amides is 4. The maximum atomic E-state index is 13.3. The minimum Gasteiger partial charge on any atom is -0.508 e. The van der Waals surface area contributed by atoms with Crippen LogP contribution in [0.1, 0.15) is 53.4 Å². The Labute approximate surface area is 217 Å². The van der Waals surface area contributed by atoms with Gasteiger partial charge >= 0.3 is 0 Å². The number of hydrogen-bond donors (Lipinski definition) is 6. The Kier molecular flexibility index (Phi) is 7.14. The zero-order valence-corrected chi connectivity index (χ0v) is 20.3. The Hall–Kier alpha value is -4.41. The average Bonchev–Trinajstić information content (AvgIpc) is 3.38. The SMILES string of the molecule is Cl.NCCCNC(=O)c1cccc(CNC(=O)c2cc3c(c4c2[nH]c2ccc(O)cc24)C(=O)NC3=O)c1. The third-order valence-corrected chi connectivity index (χ3v) is 6.11. The Bertz CT molecular complexity index is 1580. The summed E-state index contributed by atoms with van der Waals surface area (Å²) in [6, 6.07) is 12.9. The van der Waals surface area contributed by atoms with Gasteiger partial charge in [0.1, 0.15) is 5.75 Å². The van der Waals surface area contributed by atoms with Crippen LogP contribution in [0.5, 0.6) is 5.75 Å². The molecule has 4 aromatic rings. The first-order valence-electron chi connectivity index (χ1n) is 11.4. The third-order valence-electron chi connectivity index (χ3n) is 6.11. The number of benzene rings is 3. The molecule has 4 amide bonds. The van der Waals surface area contributed by atoms with Crippen LogP contribution in [0, 0.1) is 0 Å². The van der Waals surface area contributed by atoms with Crippen molar-refractivity contribution in [2.24, 2.45) is 5.73 Å². The van der Waals surface area contributed by atoms with Crippen molar-refractivity contribution < 1.29 is 24.3 Å². The van der Waals surface area contributed by atoms with E-state index in [1.165, 1.54) is 18.2 Å². The smallest absolute Gasteiger partial charge is 0.259 e. The number of aromatic amines is 1. The average molecular weight is 522 g/mol. The summed E-state index contributed by atoms with van der Waals surface area (Å²) in [5.74, 6) is -1.85. The lowest BCUT2D eigenvalue weighted by Crippen LogP contribution is -2.26. The molecule has 0 aliphatic carbocycles. The highest BCUT2D eigenvalue weighted by molar-refractivity contribution is 6.32. The molecule has 0 bridgehead atoms. The van der Waals surface area contributed by atoms with E-state index in [2.05, 4.69) is 20.9 Å². The quantitative estimate of drug-likeness (QED) is 0.161. The van der Waals surface area contributed by atoms with Crippen LogP contribution in [0.2, 0.25) is 0 Å². The maximum Gasteiger partial charge on any atom is 0.259 e. The minimum atomic E-state index is -0.589. The van der Waals surface area contributed by atoms with E-state index in [9.17, 15) is 24.3 Å². The summed E-state index contributed by atoms with van der Waals surface area (Å²) in [5.41, 5.74) is 8.05. The molecule has 1 aliphatic heterocycles. The zero-order valence-electron chi connectivity index (χ0n) is 19.5. The van der Waals surface area contributed by atoms with Gasteiger partial charge in [-0.1, -0.05) is 12.1 Å². The molecule has 0 radical (unpaired) electrons. The van der Waals surface area contributed by atoms with Crippen LogP contribution in [0.3, 0.4) is 0 Å². The number of hydrogen-bond acceptors (Lipinski definition) is 6. The molecule has 37 heavy (non-hydrogen) atoms. The van der Waals surface area contributed by atoms with E-state index in [0.29, 0.717) is 52.4 Å². The monoisotopic (exact) mass is 521 g/mol. The van der Waals surface area contributed by atoms with E-state index in [1.54, 1.807) is 30.3 Å². The van der Waals surface area contributed by atoms with Gasteiger partial charge in [0.05, 0.1) is 22.2 Å². The van der Waals surface area contributed by atoms with Crippen LogP contribution in [-0.2, 0) is 6.54 Å². The van der Waals surface area contributed by atoms with Crippen LogP contribution in [0.25, 0.3) is 21.8 Å². The molecule has 3 aromatic carbocycles. The number of aromatic hydroxyl groups is 1. The van der Waals surface area contributed by atoms with Gasteiger partial charge in [-0.2, -0.15) is 0 Å². The number of nitrogens with two attached hydrogens (primary N) is 1. The lowest BCUT2D eigenvalue weighted by Gasteiger charge is -2.10. The van der Waals surface area contributed by atoms with E-state index in [4.69, 9.17) is 5.73 Å². The van der Waals surface area contributed by atoms with Crippen LogP contribution in [0.4, 0.5) is 0 Å². The number of rotatable bonds is 7. The van der Waals surface area contributed by atoms with Gasteiger partial charge in [-0.05, 0) is 54.9 Å². The number of nitrogens with one attached hydrogen (secondary N) is 4. The highest BCUT2D eigenvalue weighted by Crippen LogP contribution is 2.36. The molecular weight excluding hydrogens is 498 g/mol. The first-order chi connectivity index (χ1) is 17.4. The van der Waals surface area contributed by atoms with Gasteiger partial charge in [0.2, 0.25) is 0 Å². The van der Waals surface area contributed by atoms with Crippen LogP contribution >= 0.6 is 12.4 Å². The molecule has 0 saturated heterocycles. The number of aromatic nitrogens is 1. The standard InChI is InChI=1S/C26H23N5O5.ClH/c27-7-2-8-28-23(33)14-4-1-3-13(9-14)12-29-24(34)18-11-17-21(26(36)31-25(17)35)20-16-10-15(32)5-6-19(16)30-22(18)20;/h1,3-6,9-11,30,32H,2,7-8,12,27H2,(H,28,33)(H,29,34)(H,31,35,36);1H. The normalized spacial score (nSPS) is 12.2. The summed E-state index contributed by atoms with van der Waals surface area (Å²) < 4.78 is 0. The molecule has 11 heteroatoms. The van der Waals surface area contributed by atoms with E-state index in [-0.39, 0.29) is 47.3 Å². The van der Waals surface area contributed by atoms with E-state index in [0.717, 1.165) is 0 Å². The molecule has 1 aromatic heterocycles. The number of carbonyl (C=O) groups excluding carboxylic acids is 4. The molecule has 0 spiro atoms. The lowest BCUT2D eigenvalue weighted by atomic mass is 9.97. The summed E-state index contributed by atoms with van der Waals surface area (Å²) in [6.07, 6.45) is 0.674. The van der Waals surface area contributed by atoms with Crippen molar-refractivity contribution >= 4 is 57.8 Å². The molecule has 10 nitrogen and oxygen atoms in total. The van der Waals surface area contributed by atoms with Gasteiger partial charge in [-0.25, -0.2) is 0 Å². The van der Waals surface area contributed by atoms with Crippen molar-refractivity contribution in [3.63, 3.8) is 0 Å². The fourth-order valence-electron chi connectivity index (χ4n) is 4.40. The number of carbonyl (C=O) groups is 4. The van der Waals surface area contributed by atoms with Crippen molar-refractivity contribution in [2.75, 3.05) is 13.1 Å². The van der Waals surface area contributed by atoms with Gasteiger partial charge < -0.3 is 26.5 Å². The molecule has 7 N–H and O–H groups in total. The second kappa shape index (κ2) is 10.3. The Morgan fingerprint density at radius 2 is 1.78 bits per heavy atom. The zero-order chi connectivity index (χ0) is 25.4. The molecule has 2 heterocycles. The van der Waals surface area contributed by atoms with Crippen molar-refractivity contribution in [2.45, 2.75) is 13.0 Å². The molecule has 190 valence electrons. The second-order valence-electron chi connectivity index (χ2n) is 8.52. The largest absolute Gasteiger partial charge is 0.508 e. The topological polar surface area (TPSA) is 166 Å². The third kappa shape index (κ3) is 4.72. The molecule has 0 unspecified atom stereocenters. The van der Waals surface area contributed by atoms with Gasteiger partial charge in [0.25, 0.3) is 23.6 Å². The molecular formula is C26H24ClN5O5. The Morgan fingerprint density at radius 1 is 0.973 bits per heavy atom. The number of fused-ring (bicyclic) bond motifs is 5. The minimum absolute atomic E-state index is 0. The summed E-state index contributed by atoms with van der Waals surface area (Å²) in [6.45, 7) is 1.09. The van der Waals surface area contributed by atoms with Gasteiger partial charge in [-0.15, -0.1) is 12.4 Å². The highest BCUT2D eigenvalue weighted by atomic mass is 35.5. The Balaban J connectivity index is 0.00000320. The van der Waals surface area contributed by atoms with Crippen LogP contribution < -0.4 is 21.7 Å². The van der Waals surface area contributed by atoms with Gasteiger partial charge in [0.15, 0.2) is 0 Å². The van der Waals surface area contributed by atoms with Gasteiger partial charge in [-0.3, -0.25) is 24.5 Å². The summed E-state index contributed by atoms with van der Waals surface area (Å²) in [7, 11) is 0. The van der Waals surface area contributed by atoms with Crippen molar-refractivity contribution in [1.29, 1.82) is 0 Å². The fraction of sp³-hybridized carbons (Fsp3) is 0.154. The number of imide groups is 1. The predicted molar refractivity (Wildman–Crippen MR) is 140 cm³/mol. The van der Waals surface area contributed by atoms with Crippen molar-refractivity contribution in [1.82, 2.24) is 20.9 Å². The summed E-state index contributed by atoms with van der Waals surface area (Å²) >= 11 is 0. The van der Waals surface area contributed by atoms with E-state index < -0.39 is 17.7 Å². The van der Waals surface area contributed by atoms with E-state index in [1.807, 2.05) is 0 Å². The summed E-state index contributed by atoms with van der Waals surface area (Å²) in [4.78, 5) is 53.7. The molecule has 0 atom stereocenters. The van der Waals surface area contributed by atoms with Crippen molar-refractivity contribution in [3.8, 4) is 5.75 Å². The first-order valence-corrected chi connectivity index (χ1v) is 11.4. The maximum absolute atomic E-state index is 13.3.